The molecule has 106 valence electrons. The Bertz CT molecular complexity index is 366. The Morgan fingerprint density at radius 3 is 2.21 bits per heavy atom. The third-order valence-corrected chi connectivity index (χ3v) is 3.97. The summed E-state index contributed by atoms with van der Waals surface area (Å²) in [6.07, 6.45) is 1.25. The lowest BCUT2D eigenvalue weighted by molar-refractivity contribution is 0.127. The second kappa shape index (κ2) is 7.04. The SMILES string of the molecule is CCCN1CCN(CC(N)c2ccc(C)cc2)CC1. The van der Waals surface area contributed by atoms with Crippen molar-refractivity contribution in [3.8, 4) is 0 Å². The normalized spacial score (nSPS) is 19.5. The Kier molecular flexibility index (Phi) is 5.37. The van der Waals surface area contributed by atoms with Gasteiger partial charge in [0.2, 0.25) is 0 Å². The van der Waals surface area contributed by atoms with E-state index in [1.54, 1.807) is 0 Å². The molecule has 1 aliphatic heterocycles. The number of hydrogen-bond acceptors (Lipinski definition) is 3. The van der Waals surface area contributed by atoms with Crippen LogP contribution in [0.4, 0.5) is 0 Å². The van der Waals surface area contributed by atoms with Crippen molar-refractivity contribution in [2.75, 3.05) is 39.3 Å². The highest BCUT2D eigenvalue weighted by Gasteiger charge is 2.18. The topological polar surface area (TPSA) is 32.5 Å². The molecular formula is C16H27N3. The molecule has 3 heteroatoms. The summed E-state index contributed by atoms with van der Waals surface area (Å²) in [7, 11) is 0. The maximum atomic E-state index is 6.31. The molecule has 3 nitrogen and oxygen atoms in total. The van der Waals surface area contributed by atoms with Crippen molar-refractivity contribution >= 4 is 0 Å². The molecule has 19 heavy (non-hydrogen) atoms. The van der Waals surface area contributed by atoms with Gasteiger partial charge in [0.25, 0.3) is 0 Å². The summed E-state index contributed by atoms with van der Waals surface area (Å²) in [4.78, 5) is 5.05. The largest absolute Gasteiger partial charge is 0.323 e. The van der Waals surface area contributed by atoms with Crippen molar-refractivity contribution in [1.82, 2.24) is 9.80 Å². The molecule has 0 amide bonds. The Morgan fingerprint density at radius 1 is 1.05 bits per heavy atom. The van der Waals surface area contributed by atoms with Crippen LogP contribution < -0.4 is 5.73 Å². The van der Waals surface area contributed by atoms with E-state index in [0.29, 0.717) is 0 Å². The minimum absolute atomic E-state index is 0.137. The van der Waals surface area contributed by atoms with Crippen molar-refractivity contribution < 1.29 is 0 Å². The summed E-state index contributed by atoms with van der Waals surface area (Å²) in [6.45, 7) is 11.3. The molecule has 1 atom stereocenters. The first-order chi connectivity index (χ1) is 9.19. The Labute approximate surface area is 117 Å². The van der Waals surface area contributed by atoms with E-state index in [9.17, 15) is 0 Å². The summed E-state index contributed by atoms with van der Waals surface area (Å²) >= 11 is 0. The van der Waals surface area contributed by atoms with Crippen LogP contribution in [0.3, 0.4) is 0 Å². The molecule has 2 rings (SSSR count). The summed E-state index contributed by atoms with van der Waals surface area (Å²) in [5, 5.41) is 0. The monoisotopic (exact) mass is 261 g/mol. The van der Waals surface area contributed by atoms with Crippen molar-refractivity contribution in [2.45, 2.75) is 26.3 Å². The Hall–Kier alpha value is -0.900. The van der Waals surface area contributed by atoms with Gasteiger partial charge in [-0.3, -0.25) is 4.90 Å². The predicted molar refractivity (Wildman–Crippen MR) is 81.3 cm³/mol. The first-order valence-corrected chi connectivity index (χ1v) is 7.46. The highest BCUT2D eigenvalue weighted by Crippen LogP contribution is 2.14. The fourth-order valence-corrected chi connectivity index (χ4v) is 2.71. The maximum absolute atomic E-state index is 6.31. The quantitative estimate of drug-likeness (QED) is 0.880. The molecule has 0 spiro atoms. The third-order valence-electron chi connectivity index (χ3n) is 3.97. The second-order valence-electron chi connectivity index (χ2n) is 5.66. The van der Waals surface area contributed by atoms with Gasteiger partial charge in [-0.1, -0.05) is 36.8 Å². The molecule has 0 aliphatic carbocycles. The van der Waals surface area contributed by atoms with Crippen LogP contribution >= 0.6 is 0 Å². The maximum Gasteiger partial charge on any atom is 0.0424 e. The van der Waals surface area contributed by atoms with E-state index in [1.807, 2.05) is 0 Å². The number of nitrogens with two attached hydrogens (primary N) is 1. The van der Waals surface area contributed by atoms with Gasteiger partial charge < -0.3 is 10.6 Å². The summed E-state index contributed by atoms with van der Waals surface area (Å²) in [6, 6.07) is 8.75. The predicted octanol–water partition coefficient (Wildman–Crippen LogP) is 2.02. The van der Waals surface area contributed by atoms with Gasteiger partial charge in [0.15, 0.2) is 0 Å². The molecular weight excluding hydrogens is 234 g/mol. The molecule has 0 aromatic heterocycles. The Balaban J connectivity index is 1.80. The van der Waals surface area contributed by atoms with Gasteiger partial charge in [-0.25, -0.2) is 0 Å². The second-order valence-corrected chi connectivity index (χ2v) is 5.66. The molecule has 1 aromatic carbocycles. The van der Waals surface area contributed by atoms with Gasteiger partial charge in [-0.15, -0.1) is 0 Å². The van der Waals surface area contributed by atoms with Crippen LogP contribution in [-0.4, -0.2) is 49.1 Å². The number of nitrogens with zero attached hydrogens (tertiary/aromatic N) is 2. The first-order valence-electron chi connectivity index (χ1n) is 7.46. The van der Waals surface area contributed by atoms with Crippen molar-refractivity contribution in [3.63, 3.8) is 0 Å². The smallest absolute Gasteiger partial charge is 0.0424 e. The Morgan fingerprint density at radius 2 is 1.63 bits per heavy atom. The van der Waals surface area contributed by atoms with Crippen LogP contribution in [0.25, 0.3) is 0 Å². The van der Waals surface area contributed by atoms with Gasteiger partial charge in [0.05, 0.1) is 0 Å². The van der Waals surface area contributed by atoms with E-state index in [4.69, 9.17) is 5.73 Å². The van der Waals surface area contributed by atoms with Crippen LogP contribution in [-0.2, 0) is 0 Å². The average molecular weight is 261 g/mol. The van der Waals surface area contributed by atoms with E-state index >= 15 is 0 Å². The molecule has 0 bridgehead atoms. The number of benzene rings is 1. The van der Waals surface area contributed by atoms with E-state index in [-0.39, 0.29) is 6.04 Å². The zero-order chi connectivity index (χ0) is 13.7. The lowest BCUT2D eigenvalue weighted by Crippen LogP contribution is -2.48. The van der Waals surface area contributed by atoms with Gasteiger partial charge in [0, 0.05) is 38.8 Å². The standard InChI is InChI=1S/C16H27N3/c1-3-8-18-9-11-19(12-10-18)13-16(17)15-6-4-14(2)5-7-15/h4-7,16H,3,8-13,17H2,1-2H3. The minimum atomic E-state index is 0.137. The molecule has 0 saturated carbocycles. The van der Waals surface area contributed by atoms with Crippen molar-refractivity contribution in [2.24, 2.45) is 5.73 Å². The van der Waals surface area contributed by atoms with E-state index in [0.717, 1.165) is 19.6 Å². The number of piperazine rings is 1. The minimum Gasteiger partial charge on any atom is -0.323 e. The molecule has 0 radical (unpaired) electrons. The fraction of sp³-hybridized carbons (Fsp3) is 0.625. The zero-order valence-corrected chi connectivity index (χ0v) is 12.3. The number of aryl methyl sites for hydroxylation is 1. The first kappa shape index (κ1) is 14.5. The summed E-state index contributed by atoms with van der Waals surface area (Å²) < 4.78 is 0. The molecule has 1 fully saturated rings. The zero-order valence-electron chi connectivity index (χ0n) is 12.3. The van der Waals surface area contributed by atoms with Gasteiger partial charge in [0.1, 0.15) is 0 Å². The molecule has 1 unspecified atom stereocenters. The van der Waals surface area contributed by atoms with E-state index in [2.05, 4.69) is 47.9 Å². The van der Waals surface area contributed by atoms with E-state index < -0.39 is 0 Å². The lowest BCUT2D eigenvalue weighted by Gasteiger charge is -2.35. The lowest BCUT2D eigenvalue weighted by atomic mass is 10.1. The van der Waals surface area contributed by atoms with Crippen molar-refractivity contribution in [1.29, 1.82) is 0 Å². The van der Waals surface area contributed by atoms with Gasteiger partial charge in [-0.05, 0) is 25.5 Å². The molecule has 1 saturated heterocycles. The van der Waals surface area contributed by atoms with Crippen LogP contribution in [0.1, 0.15) is 30.5 Å². The van der Waals surface area contributed by atoms with Gasteiger partial charge in [-0.2, -0.15) is 0 Å². The molecule has 1 aliphatic rings. The average Bonchev–Trinajstić information content (AvgIpc) is 2.42. The number of rotatable bonds is 5. The van der Waals surface area contributed by atoms with Crippen molar-refractivity contribution in [3.05, 3.63) is 35.4 Å². The van der Waals surface area contributed by atoms with Crippen LogP contribution in [0.15, 0.2) is 24.3 Å². The van der Waals surface area contributed by atoms with E-state index in [1.165, 1.54) is 37.2 Å². The summed E-state index contributed by atoms with van der Waals surface area (Å²) in [5.74, 6) is 0. The highest BCUT2D eigenvalue weighted by atomic mass is 15.3. The number of hydrogen-bond donors (Lipinski definition) is 1. The highest BCUT2D eigenvalue weighted by molar-refractivity contribution is 5.24. The van der Waals surface area contributed by atoms with Crippen LogP contribution in [0, 0.1) is 6.92 Å². The van der Waals surface area contributed by atoms with Crippen LogP contribution in [0.5, 0.6) is 0 Å². The van der Waals surface area contributed by atoms with Gasteiger partial charge >= 0.3 is 0 Å². The fourth-order valence-electron chi connectivity index (χ4n) is 2.71. The molecule has 2 N–H and O–H groups in total. The molecule has 1 heterocycles. The van der Waals surface area contributed by atoms with Crippen LogP contribution in [0.2, 0.25) is 0 Å². The molecule has 1 aromatic rings. The third kappa shape index (κ3) is 4.30. The summed E-state index contributed by atoms with van der Waals surface area (Å²) in [5.41, 5.74) is 8.86.